The molecule has 0 radical (unpaired) electrons. The Labute approximate surface area is 125 Å². The van der Waals surface area contributed by atoms with Gasteiger partial charge in [-0.3, -0.25) is 4.79 Å². The molecule has 0 aliphatic carbocycles. The van der Waals surface area contributed by atoms with Crippen LogP contribution in [0.3, 0.4) is 0 Å². The Balaban J connectivity index is 3.16. The van der Waals surface area contributed by atoms with Gasteiger partial charge in [-0.05, 0) is 32.9 Å². The van der Waals surface area contributed by atoms with Crippen LogP contribution in [0.4, 0.5) is 0 Å². The number of rotatable bonds is 6. The fourth-order valence-electron chi connectivity index (χ4n) is 1.69. The smallest absolute Gasteiger partial charge is 0.252 e. The van der Waals surface area contributed by atoms with Crippen LogP contribution in [0.2, 0.25) is 0 Å². The summed E-state index contributed by atoms with van der Waals surface area (Å²) in [6.07, 6.45) is 0. The highest BCUT2D eigenvalue weighted by Crippen LogP contribution is 2.38. The first-order chi connectivity index (χ1) is 9.76. The lowest BCUT2D eigenvalue weighted by atomic mass is 9.96. The molecule has 1 atom stereocenters. The van der Waals surface area contributed by atoms with E-state index in [1.165, 1.54) is 21.3 Å². The zero-order valence-corrected chi connectivity index (χ0v) is 13.4. The molecule has 0 aliphatic heterocycles. The minimum absolute atomic E-state index is 0.191. The highest BCUT2D eigenvalue weighted by Gasteiger charge is 2.26. The van der Waals surface area contributed by atoms with E-state index in [0.29, 0.717) is 22.8 Å². The first-order valence-electron chi connectivity index (χ1n) is 6.65. The number of carbonyl (C=O) groups is 1. The van der Waals surface area contributed by atoms with Gasteiger partial charge in [-0.15, -0.1) is 0 Å². The number of amides is 1. The van der Waals surface area contributed by atoms with Crippen molar-refractivity contribution in [2.75, 3.05) is 21.3 Å². The SMILES string of the molecule is COc1cc(C(=O)NC(C)(C)C(C)N)cc(OC)c1OC. The molecule has 0 bridgehead atoms. The van der Waals surface area contributed by atoms with E-state index in [0.717, 1.165) is 0 Å². The van der Waals surface area contributed by atoms with E-state index in [4.69, 9.17) is 19.9 Å². The van der Waals surface area contributed by atoms with E-state index in [1.54, 1.807) is 12.1 Å². The number of carbonyl (C=O) groups excluding carboxylic acids is 1. The van der Waals surface area contributed by atoms with Crippen LogP contribution in [0.5, 0.6) is 17.2 Å². The van der Waals surface area contributed by atoms with Crippen molar-refractivity contribution in [2.45, 2.75) is 32.4 Å². The molecule has 0 spiro atoms. The lowest BCUT2D eigenvalue weighted by Crippen LogP contribution is -2.54. The van der Waals surface area contributed by atoms with E-state index in [2.05, 4.69) is 5.32 Å². The summed E-state index contributed by atoms with van der Waals surface area (Å²) in [5.41, 5.74) is 5.75. The first-order valence-corrected chi connectivity index (χ1v) is 6.65. The molecule has 3 N–H and O–H groups in total. The number of ether oxygens (including phenoxy) is 3. The Morgan fingerprint density at radius 3 is 1.95 bits per heavy atom. The molecule has 0 aliphatic rings. The standard InChI is InChI=1S/C15H24N2O4/c1-9(16)15(2,3)17-14(18)10-7-11(19-4)13(21-6)12(8-10)20-5/h7-9H,16H2,1-6H3,(H,17,18). The van der Waals surface area contributed by atoms with Gasteiger partial charge in [0.2, 0.25) is 5.75 Å². The largest absolute Gasteiger partial charge is 0.493 e. The number of hydrogen-bond acceptors (Lipinski definition) is 5. The van der Waals surface area contributed by atoms with Crippen LogP contribution in [0.1, 0.15) is 31.1 Å². The molecule has 0 saturated heterocycles. The maximum atomic E-state index is 12.4. The summed E-state index contributed by atoms with van der Waals surface area (Å²) in [5, 5.41) is 2.90. The van der Waals surface area contributed by atoms with Gasteiger partial charge in [0, 0.05) is 17.1 Å². The topological polar surface area (TPSA) is 82.8 Å². The number of nitrogens with two attached hydrogens (primary N) is 1. The average molecular weight is 296 g/mol. The Bertz CT molecular complexity index is 487. The molecule has 0 fully saturated rings. The maximum Gasteiger partial charge on any atom is 0.252 e. The summed E-state index contributed by atoms with van der Waals surface area (Å²) in [6.45, 7) is 5.58. The third-order valence-corrected chi connectivity index (χ3v) is 3.50. The van der Waals surface area contributed by atoms with E-state index in [1.807, 2.05) is 20.8 Å². The summed E-state index contributed by atoms with van der Waals surface area (Å²) in [4.78, 5) is 12.4. The maximum absolute atomic E-state index is 12.4. The van der Waals surface area contributed by atoms with Crippen molar-refractivity contribution in [2.24, 2.45) is 5.73 Å². The molecule has 0 heterocycles. The molecular weight excluding hydrogens is 272 g/mol. The van der Waals surface area contributed by atoms with Gasteiger partial charge in [0.15, 0.2) is 11.5 Å². The summed E-state index contributed by atoms with van der Waals surface area (Å²) in [5.74, 6) is 1.06. The summed E-state index contributed by atoms with van der Waals surface area (Å²) in [6, 6.07) is 3.02. The third-order valence-electron chi connectivity index (χ3n) is 3.50. The molecule has 0 aromatic heterocycles. The minimum Gasteiger partial charge on any atom is -0.493 e. The van der Waals surface area contributed by atoms with Crippen LogP contribution in [0.15, 0.2) is 12.1 Å². The number of hydrogen-bond donors (Lipinski definition) is 2. The fraction of sp³-hybridized carbons (Fsp3) is 0.533. The van der Waals surface area contributed by atoms with Crippen LogP contribution in [0, 0.1) is 0 Å². The van der Waals surface area contributed by atoms with E-state index >= 15 is 0 Å². The van der Waals surface area contributed by atoms with Crippen molar-refractivity contribution in [1.82, 2.24) is 5.32 Å². The van der Waals surface area contributed by atoms with Gasteiger partial charge < -0.3 is 25.3 Å². The highest BCUT2D eigenvalue weighted by molar-refractivity contribution is 5.96. The summed E-state index contributed by atoms with van der Waals surface area (Å²) < 4.78 is 15.7. The van der Waals surface area contributed by atoms with Crippen molar-refractivity contribution in [1.29, 1.82) is 0 Å². The Hall–Kier alpha value is -1.95. The van der Waals surface area contributed by atoms with Gasteiger partial charge in [0.1, 0.15) is 0 Å². The van der Waals surface area contributed by atoms with Gasteiger partial charge in [-0.25, -0.2) is 0 Å². The quantitative estimate of drug-likeness (QED) is 0.832. The normalized spacial score (nSPS) is 12.5. The second-order valence-corrected chi connectivity index (χ2v) is 5.38. The molecule has 6 heteroatoms. The van der Waals surface area contributed by atoms with Gasteiger partial charge in [-0.2, -0.15) is 0 Å². The summed E-state index contributed by atoms with van der Waals surface area (Å²) in [7, 11) is 4.52. The van der Waals surface area contributed by atoms with Crippen LogP contribution in [-0.2, 0) is 0 Å². The van der Waals surface area contributed by atoms with E-state index in [9.17, 15) is 4.79 Å². The van der Waals surface area contributed by atoms with Crippen molar-refractivity contribution in [3.63, 3.8) is 0 Å². The van der Waals surface area contributed by atoms with Gasteiger partial charge in [-0.1, -0.05) is 0 Å². The van der Waals surface area contributed by atoms with Crippen LogP contribution < -0.4 is 25.3 Å². The lowest BCUT2D eigenvalue weighted by Gasteiger charge is -2.30. The lowest BCUT2D eigenvalue weighted by molar-refractivity contribution is 0.0902. The highest BCUT2D eigenvalue weighted by atomic mass is 16.5. The first kappa shape index (κ1) is 17.1. The number of benzene rings is 1. The predicted octanol–water partition coefficient (Wildman–Crippen LogP) is 1.57. The van der Waals surface area contributed by atoms with E-state index in [-0.39, 0.29) is 11.9 Å². The average Bonchev–Trinajstić information content (AvgIpc) is 2.44. The molecular formula is C15H24N2O4. The molecule has 118 valence electrons. The molecule has 1 amide bonds. The van der Waals surface area contributed by atoms with Crippen molar-refractivity contribution in [3.05, 3.63) is 17.7 Å². The molecule has 1 unspecified atom stereocenters. The second kappa shape index (κ2) is 6.67. The van der Waals surface area contributed by atoms with Crippen molar-refractivity contribution >= 4 is 5.91 Å². The molecule has 6 nitrogen and oxygen atoms in total. The number of methoxy groups -OCH3 is 3. The van der Waals surface area contributed by atoms with Crippen molar-refractivity contribution < 1.29 is 19.0 Å². The van der Waals surface area contributed by atoms with Crippen LogP contribution >= 0.6 is 0 Å². The van der Waals surface area contributed by atoms with Crippen LogP contribution in [0.25, 0.3) is 0 Å². The predicted molar refractivity (Wildman–Crippen MR) is 81.3 cm³/mol. The van der Waals surface area contributed by atoms with Crippen molar-refractivity contribution in [3.8, 4) is 17.2 Å². The van der Waals surface area contributed by atoms with Gasteiger partial charge >= 0.3 is 0 Å². The second-order valence-electron chi connectivity index (χ2n) is 5.38. The fourth-order valence-corrected chi connectivity index (χ4v) is 1.69. The minimum atomic E-state index is -0.530. The zero-order valence-electron chi connectivity index (χ0n) is 13.4. The van der Waals surface area contributed by atoms with E-state index < -0.39 is 5.54 Å². The molecule has 0 saturated carbocycles. The molecule has 1 rings (SSSR count). The third kappa shape index (κ3) is 3.78. The summed E-state index contributed by atoms with van der Waals surface area (Å²) >= 11 is 0. The molecule has 1 aromatic carbocycles. The molecule has 1 aromatic rings. The van der Waals surface area contributed by atoms with Crippen LogP contribution in [-0.4, -0.2) is 38.8 Å². The molecule has 21 heavy (non-hydrogen) atoms. The monoisotopic (exact) mass is 296 g/mol. The zero-order chi connectivity index (χ0) is 16.2. The van der Waals surface area contributed by atoms with Gasteiger partial charge in [0.25, 0.3) is 5.91 Å². The Morgan fingerprint density at radius 2 is 1.62 bits per heavy atom. The Kier molecular flexibility index (Phi) is 5.43. The number of nitrogens with one attached hydrogen (secondary N) is 1. The Morgan fingerprint density at radius 1 is 1.14 bits per heavy atom. The van der Waals surface area contributed by atoms with Gasteiger partial charge in [0.05, 0.1) is 21.3 Å².